The van der Waals surface area contributed by atoms with Crippen LogP contribution in [0.3, 0.4) is 0 Å². The third-order valence-corrected chi connectivity index (χ3v) is 2.67. The van der Waals surface area contributed by atoms with Gasteiger partial charge in [-0.2, -0.15) is 0 Å². The zero-order valence-corrected chi connectivity index (χ0v) is 9.70. The molecule has 0 aliphatic carbocycles. The van der Waals surface area contributed by atoms with Gasteiger partial charge < -0.3 is 0 Å². The molecule has 3 nitrogen and oxygen atoms in total. The second-order valence-electron chi connectivity index (χ2n) is 3.22. The summed E-state index contributed by atoms with van der Waals surface area (Å²) in [5.74, 6) is -0.272. The van der Waals surface area contributed by atoms with Gasteiger partial charge in [0.1, 0.15) is 5.82 Å². The minimum absolute atomic E-state index is 0.272. The van der Waals surface area contributed by atoms with Gasteiger partial charge in [0.15, 0.2) is 0 Å². The first-order valence-electron chi connectivity index (χ1n) is 4.44. The lowest BCUT2D eigenvalue weighted by Crippen LogP contribution is -1.98. The first kappa shape index (κ1) is 10.3. The van der Waals surface area contributed by atoms with Crippen molar-refractivity contribution in [3.63, 3.8) is 0 Å². The highest BCUT2D eigenvalue weighted by Gasteiger charge is 2.05. The summed E-state index contributed by atoms with van der Waals surface area (Å²) in [6, 6.07) is 4.60. The number of hydrogen-bond donors (Lipinski definition) is 0. The van der Waals surface area contributed by atoms with Crippen LogP contribution < -0.4 is 0 Å². The van der Waals surface area contributed by atoms with Crippen LogP contribution >= 0.6 is 15.9 Å². The van der Waals surface area contributed by atoms with E-state index in [1.807, 2.05) is 6.92 Å². The summed E-state index contributed by atoms with van der Waals surface area (Å²) in [4.78, 5) is 0. The third kappa shape index (κ3) is 2.07. The summed E-state index contributed by atoms with van der Waals surface area (Å²) in [5.41, 5.74) is 2.50. The van der Waals surface area contributed by atoms with Crippen LogP contribution in [0.2, 0.25) is 0 Å². The molecule has 0 aliphatic heterocycles. The largest absolute Gasteiger partial charge is 0.220 e. The first-order valence-corrected chi connectivity index (χ1v) is 5.56. The molecule has 1 aromatic carbocycles. The Bertz CT molecular complexity index is 481. The molecule has 0 bridgehead atoms. The van der Waals surface area contributed by atoms with Gasteiger partial charge in [-0.3, -0.25) is 0 Å². The number of hydrogen-bond acceptors (Lipinski definition) is 2. The van der Waals surface area contributed by atoms with Crippen molar-refractivity contribution in [2.24, 2.45) is 0 Å². The lowest BCUT2D eigenvalue weighted by atomic mass is 10.2. The van der Waals surface area contributed by atoms with E-state index in [9.17, 15) is 4.39 Å². The molecule has 2 aromatic rings. The number of rotatable bonds is 2. The van der Waals surface area contributed by atoms with Crippen LogP contribution in [0.4, 0.5) is 4.39 Å². The van der Waals surface area contributed by atoms with Crippen molar-refractivity contribution in [1.82, 2.24) is 15.0 Å². The summed E-state index contributed by atoms with van der Waals surface area (Å²) in [7, 11) is 0. The Hall–Kier alpha value is -1.23. The van der Waals surface area contributed by atoms with Gasteiger partial charge in [-0.15, -0.1) is 5.10 Å². The maximum Gasteiger partial charge on any atom is 0.125 e. The molecule has 1 aromatic heterocycles. The molecule has 5 heteroatoms. The highest BCUT2D eigenvalue weighted by molar-refractivity contribution is 9.08. The maximum atomic E-state index is 13.1. The topological polar surface area (TPSA) is 30.7 Å². The number of aryl methyl sites for hydroxylation is 1. The van der Waals surface area contributed by atoms with E-state index < -0.39 is 0 Å². The molecule has 0 saturated heterocycles. The van der Waals surface area contributed by atoms with Crippen LogP contribution in [-0.4, -0.2) is 15.0 Å². The van der Waals surface area contributed by atoms with Gasteiger partial charge in [0.2, 0.25) is 0 Å². The first-order chi connectivity index (χ1) is 7.20. The van der Waals surface area contributed by atoms with Crippen molar-refractivity contribution >= 4 is 15.9 Å². The van der Waals surface area contributed by atoms with Gasteiger partial charge in [-0.05, 0) is 24.6 Å². The molecule has 0 amide bonds. The molecule has 0 atom stereocenters. The Balaban J connectivity index is 2.48. The van der Waals surface area contributed by atoms with Gasteiger partial charge in [0, 0.05) is 5.33 Å². The summed E-state index contributed by atoms with van der Waals surface area (Å²) in [6.07, 6.45) is 1.77. The summed E-state index contributed by atoms with van der Waals surface area (Å²) in [5, 5.41) is 8.49. The molecule has 0 N–H and O–H groups in total. The molecule has 0 unspecified atom stereocenters. The second kappa shape index (κ2) is 4.10. The molecule has 0 saturated carbocycles. The average Bonchev–Trinajstić information content (AvgIpc) is 2.70. The second-order valence-corrected chi connectivity index (χ2v) is 3.78. The third-order valence-electron chi connectivity index (χ3n) is 2.10. The van der Waals surface area contributed by atoms with Crippen LogP contribution in [0.25, 0.3) is 5.69 Å². The molecule has 78 valence electrons. The van der Waals surface area contributed by atoms with E-state index in [2.05, 4.69) is 26.2 Å². The SMILES string of the molecule is Cc1ccc(F)cc1-n1cc(CBr)nn1. The predicted octanol–water partition coefficient (Wildman–Crippen LogP) is 2.61. The Kier molecular flexibility index (Phi) is 2.81. The lowest BCUT2D eigenvalue weighted by Gasteiger charge is -2.03. The van der Waals surface area contributed by atoms with Crippen LogP contribution in [0.1, 0.15) is 11.3 Å². The Morgan fingerprint density at radius 2 is 2.27 bits per heavy atom. The fourth-order valence-electron chi connectivity index (χ4n) is 1.31. The minimum atomic E-state index is -0.272. The Morgan fingerprint density at radius 3 is 2.93 bits per heavy atom. The van der Waals surface area contributed by atoms with Crippen LogP contribution in [0.15, 0.2) is 24.4 Å². The fourth-order valence-corrected chi connectivity index (χ4v) is 1.56. The van der Waals surface area contributed by atoms with Gasteiger partial charge in [-0.25, -0.2) is 9.07 Å². The van der Waals surface area contributed by atoms with Crippen molar-refractivity contribution in [1.29, 1.82) is 0 Å². The highest BCUT2D eigenvalue weighted by atomic mass is 79.9. The molecule has 15 heavy (non-hydrogen) atoms. The van der Waals surface area contributed by atoms with E-state index in [1.165, 1.54) is 12.1 Å². The highest BCUT2D eigenvalue weighted by Crippen LogP contribution is 2.15. The van der Waals surface area contributed by atoms with E-state index in [0.29, 0.717) is 5.33 Å². The quantitative estimate of drug-likeness (QED) is 0.785. The van der Waals surface area contributed by atoms with Crippen LogP contribution in [0, 0.1) is 12.7 Å². The predicted molar refractivity (Wildman–Crippen MR) is 58.7 cm³/mol. The number of alkyl halides is 1. The van der Waals surface area contributed by atoms with E-state index >= 15 is 0 Å². The van der Waals surface area contributed by atoms with Crippen molar-refractivity contribution in [2.45, 2.75) is 12.3 Å². The molecule has 0 fully saturated rings. The normalized spacial score (nSPS) is 10.6. The molecule has 1 heterocycles. The standard InChI is InChI=1S/C10H9BrFN3/c1-7-2-3-8(12)4-10(7)15-6-9(5-11)13-14-15/h2-4,6H,5H2,1H3. The number of halogens is 2. The Labute approximate surface area is 95.0 Å². The zero-order chi connectivity index (χ0) is 10.8. The van der Waals surface area contributed by atoms with Crippen molar-refractivity contribution in [3.8, 4) is 5.69 Å². The Morgan fingerprint density at radius 1 is 1.47 bits per heavy atom. The average molecular weight is 270 g/mol. The minimum Gasteiger partial charge on any atom is -0.220 e. The fraction of sp³-hybridized carbons (Fsp3) is 0.200. The maximum absolute atomic E-state index is 13.1. The van der Waals surface area contributed by atoms with Crippen molar-refractivity contribution in [3.05, 3.63) is 41.5 Å². The van der Waals surface area contributed by atoms with Crippen LogP contribution in [0.5, 0.6) is 0 Å². The van der Waals surface area contributed by atoms with Gasteiger partial charge in [0.25, 0.3) is 0 Å². The van der Waals surface area contributed by atoms with Gasteiger partial charge in [0.05, 0.1) is 17.6 Å². The van der Waals surface area contributed by atoms with Crippen molar-refractivity contribution in [2.75, 3.05) is 0 Å². The lowest BCUT2D eigenvalue weighted by molar-refractivity contribution is 0.624. The molecular formula is C10H9BrFN3. The zero-order valence-electron chi connectivity index (χ0n) is 8.11. The number of benzene rings is 1. The van der Waals surface area contributed by atoms with Crippen molar-refractivity contribution < 1.29 is 4.39 Å². The molecule has 2 rings (SSSR count). The summed E-state index contributed by atoms with van der Waals surface area (Å²) < 4.78 is 14.6. The number of aromatic nitrogens is 3. The summed E-state index contributed by atoms with van der Waals surface area (Å²) >= 11 is 3.29. The van der Waals surface area contributed by atoms with E-state index in [-0.39, 0.29) is 5.82 Å². The monoisotopic (exact) mass is 269 g/mol. The molecule has 0 aliphatic rings. The van der Waals surface area contributed by atoms with E-state index in [1.54, 1.807) is 16.9 Å². The summed E-state index contributed by atoms with van der Waals surface area (Å²) in [6.45, 7) is 1.91. The van der Waals surface area contributed by atoms with E-state index in [0.717, 1.165) is 16.9 Å². The smallest absolute Gasteiger partial charge is 0.125 e. The van der Waals surface area contributed by atoms with E-state index in [4.69, 9.17) is 0 Å². The molecule has 0 radical (unpaired) electrons. The van der Waals surface area contributed by atoms with Gasteiger partial charge >= 0.3 is 0 Å². The molecular weight excluding hydrogens is 261 g/mol. The molecule has 0 spiro atoms. The number of nitrogens with zero attached hydrogens (tertiary/aromatic N) is 3. The van der Waals surface area contributed by atoms with Gasteiger partial charge in [-0.1, -0.05) is 27.2 Å². The van der Waals surface area contributed by atoms with Crippen LogP contribution in [-0.2, 0) is 5.33 Å².